The number of benzene rings is 1. The number of hydrogen-bond acceptors (Lipinski definition) is 5. The Kier molecular flexibility index (Phi) is 8.04. The zero-order valence-corrected chi connectivity index (χ0v) is 20.6. The second kappa shape index (κ2) is 11.0. The van der Waals surface area contributed by atoms with Crippen molar-refractivity contribution in [2.45, 2.75) is 63.5 Å². The van der Waals surface area contributed by atoms with Gasteiger partial charge in [0.05, 0.1) is 19.0 Å². The van der Waals surface area contributed by atoms with Crippen LogP contribution in [0.15, 0.2) is 48.5 Å². The van der Waals surface area contributed by atoms with Gasteiger partial charge in [0.15, 0.2) is 0 Å². The first kappa shape index (κ1) is 24.2. The first-order valence-corrected chi connectivity index (χ1v) is 14.1. The Labute approximate surface area is 198 Å². The molecular weight excluding hydrogens is 434 g/mol. The summed E-state index contributed by atoms with van der Waals surface area (Å²) in [7, 11) is -3.27. The van der Waals surface area contributed by atoms with Crippen LogP contribution in [0, 0.1) is 5.92 Å². The lowest BCUT2D eigenvalue weighted by molar-refractivity contribution is -0.00213. The second-order valence-corrected chi connectivity index (χ2v) is 11.3. The summed E-state index contributed by atoms with van der Waals surface area (Å²) in [5.41, 5.74) is 2.50. The maximum absolute atomic E-state index is 12.0. The van der Waals surface area contributed by atoms with Gasteiger partial charge in [-0.2, -0.15) is 0 Å². The Morgan fingerprint density at radius 2 is 1.79 bits per heavy atom. The van der Waals surface area contributed by atoms with Gasteiger partial charge in [-0.1, -0.05) is 43.3 Å². The number of nitrogens with zero attached hydrogens (tertiary/aromatic N) is 2. The predicted octanol–water partition coefficient (Wildman–Crippen LogP) is 4.13. The zero-order chi connectivity index (χ0) is 23.3. The number of nitrogens with one attached hydrogen (secondary N) is 1. The molecule has 2 aliphatic rings. The van der Waals surface area contributed by atoms with Crippen molar-refractivity contribution in [3.05, 3.63) is 59.8 Å². The Bertz CT molecular complexity index is 991. The average Bonchev–Trinajstić information content (AvgIpc) is 2.83. The van der Waals surface area contributed by atoms with E-state index < -0.39 is 10.0 Å². The van der Waals surface area contributed by atoms with Crippen molar-refractivity contribution in [1.29, 1.82) is 0 Å². The molecule has 1 aliphatic heterocycles. The SMILES string of the molecule is CCc1cccc(N2CC[C@H](NS(C)(=O)=O)[C@H](COC3CCC(c4ccccc4)CC3)C2)n1. The Balaban J connectivity index is 1.37. The van der Waals surface area contributed by atoms with E-state index in [0.29, 0.717) is 12.5 Å². The van der Waals surface area contributed by atoms with Crippen LogP contribution in [0.3, 0.4) is 0 Å². The van der Waals surface area contributed by atoms with E-state index in [-0.39, 0.29) is 18.1 Å². The van der Waals surface area contributed by atoms with E-state index in [1.165, 1.54) is 11.8 Å². The van der Waals surface area contributed by atoms with Gasteiger partial charge in [0.25, 0.3) is 0 Å². The van der Waals surface area contributed by atoms with Gasteiger partial charge >= 0.3 is 0 Å². The molecule has 2 aromatic rings. The van der Waals surface area contributed by atoms with Crippen molar-refractivity contribution in [3.8, 4) is 0 Å². The summed E-state index contributed by atoms with van der Waals surface area (Å²) in [6.07, 6.45) is 7.54. The first-order chi connectivity index (χ1) is 15.9. The molecule has 0 unspecified atom stereocenters. The summed E-state index contributed by atoms with van der Waals surface area (Å²) < 4.78 is 33.2. The molecule has 1 saturated carbocycles. The number of aryl methyl sites for hydroxylation is 1. The molecule has 1 aromatic heterocycles. The molecule has 0 radical (unpaired) electrons. The van der Waals surface area contributed by atoms with Crippen molar-refractivity contribution >= 4 is 15.8 Å². The van der Waals surface area contributed by atoms with Crippen LogP contribution >= 0.6 is 0 Å². The number of hydrogen-bond donors (Lipinski definition) is 1. The summed E-state index contributed by atoms with van der Waals surface area (Å²) in [6.45, 7) is 4.20. The number of ether oxygens (including phenoxy) is 1. The first-order valence-electron chi connectivity index (χ1n) is 12.3. The largest absolute Gasteiger partial charge is 0.378 e. The van der Waals surface area contributed by atoms with Gasteiger partial charge in [-0.3, -0.25) is 0 Å². The highest BCUT2D eigenvalue weighted by molar-refractivity contribution is 7.88. The van der Waals surface area contributed by atoms with Crippen LogP contribution in [0.4, 0.5) is 5.82 Å². The lowest BCUT2D eigenvalue weighted by Gasteiger charge is -2.40. The van der Waals surface area contributed by atoms with E-state index in [0.717, 1.165) is 63.1 Å². The van der Waals surface area contributed by atoms with Crippen molar-refractivity contribution in [1.82, 2.24) is 9.71 Å². The lowest BCUT2D eigenvalue weighted by Crippen LogP contribution is -2.52. The maximum Gasteiger partial charge on any atom is 0.208 e. The number of piperidine rings is 1. The van der Waals surface area contributed by atoms with Crippen molar-refractivity contribution in [2.24, 2.45) is 5.92 Å². The minimum Gasteiger partial charge on any atom is -0.378 e. The number of sulfonamides is 1. The standard InChI is InChI=1S/C26H37N3O3S/c1-3-23-10-7-11-26(27-23)29-17-16-25(28-33(2,30)31)22(18-29)19-32-24-14-12-21(13-15-24)20-8-5-4-6-9-20/h4-11,21-22,24-25,28H,3,12-19H2,1-2H3/t21?,22-,24?,25-/m0/s1. The van der Waals surface area contributed by atoms with Gasteiger partial charge in [-0.05, 0) is 62.1 Å². The number of aromatic nitrogens is 1. The number of pyridine rings is 1. The molecule has 1 aromatic carbocycles. The van der Waals surface area contributed by atoms with Crippen molar-refractivity contribution in [2.75, 3.05) is 30.9 Å². The van der Waals surface area contributed by atoms with Crippen LogP contribution in [0.1, 0.15) is 56.2 Å². The maximum atomic E-state index is 12.0. The lowest BCUT2D eigenvalue weighted by atomic mass is 9.82. The highest BCUT2D eigenvalue weighted by Crippen LogP contribution is 2.34. The molecule has 7 heteroatoms. The summed E-state index contributed by atoms with van der Waals surface area (Å²) in [4.78, 5) is 7.06. The van der Waals surface area contributed by atoms with E-state index in [1.54, 1.807) is 0 Å². The van der Waals surface area contributed by atoms with Gasteiger partial charge in [0, 0.05) is 30.7 Å². The molecule has 1 aliphatic carbocycles. The van der Waals surface area contributed by atoms with Crippen LogP contribution in [-0.2, 0) is 21.2 Å². The minimum atomic E-state index is -3.27. The quantitative estimate of drug-likeness (QED) is 0.627. The molecule has 33 heavy (non-hydrogen) atoms. The molecule has 2 heterocycles. The normalized spacial score (nSPS) is 26.3. The van der Waals surface area contributed by atoms with Crippen LogP contribution in [-0.4, -0.2) is 51.5 Å². The average molecular weight is 472 g/mol. The molecule has 6 nitrogen and oxygen atoms in total. The number of rotatable bonds is 8. The summed E-state index contributed by atoms with van der Waals surface area (Å²) in [5.74, 6) is 1.68. The molecule has 1 N–H and O–H groups in total. The van der Waals surface area contributed by atoms with Crippen LogP contribution in [0.5, 0.6) is 0 Å². The summed E-state index contributed by atoms with van der Waals surface area (Å²) >= 11 is 0. The Morgan fingerprint density at radius 1 is 1.03 bits per heavy atom. The van der Waals surface area contributed by atoms with Gasteiger partial charge in [-0.15, -0.1) is 0 Å². The van der Waals surface area contributed by atoms with Crippen LogP contribution < -0.4 is 9.62 Å². The van der Waals surface area contributed by atoms with E-state index in [9.17, 15) is 8.42 Å². The van der Waals surface area contributed by atoms with Gasteiger partial charge in [0.1, 0.15) is 5.82 Å². The molecule has 2 atom stereocenters. The smallest absolute Gasteiger partial charge is 0.208 e. The van der Waals surface area contributed by atoms with E-state index in [2.05, 4.69) is 52.9 Å². The summed E-state index contributed by atoms with van der Waals surface area (Å²) in [6, 6.07) is 16.8. The fourth-order valence-electron chi connectivity index (χ4n) is 5.23. The topological polar surface area (TPSA) is 71.5 Å². The minimum absolute atomic E-state index is 0.0902. The van der Waals surface area contributed by atoms with Crippen LogP contribution in [0.2, 0.25) is 0 Å². The Morgan fingerprint density at radius 3 is 2.48 bits per heavy atom. The molecule has 2 fully saturated rings. The summed E-state index contributed by atoms with van der Waals surface area (Å²) in [5, 5.41) is 0. The van der Waals surface area contributed by atoms with E-state index >= 15 is 0 Å². The molecule has 0 spiro atoms. The van der Waals surface area contributed by atoms with Gasteiger partial charge in [-0.25, -0.2) is 18.1 Å². The zero-order valence-electron chi connectivity index (χ0n) is 19.8. The van der Waals surface area contributed by atoms with Crippen molar-refractivity contribution in [3.63, 3.8) is 0 Å². The van der Waals surface area contributed by atoms with Gasteiger partial charge < -0.3 is 9.64 Å². The highest BCUT2D eigenvalue weighted by Gasteiger charge is 2.33. The highest BCUT2D eigenvalue weighted by atomic mass is 32.2. The predicted molar refractivity (Wildman–Crippen MR) is 133 cm³/mol. The van der Waals surface area contributed by atoms with Gasteiger partial charge in [0.2, 0.25) is 10.0 Å². The van der Waals surface area contributed by atoms with E-state index in [1.807, 2.05) is 12.1 Å². The monoisotopic (exact) mass is 471 g/mol. The van der Waals surface area contributed by atoms with E-state index in [4.69, 9.17) is 9.72 Å². The molecular formula is C26H37N3O3S. The molecule has 180 valence electrons. The molecule has 4 rings (SSSR count). The fourth-order valence-corrected chi connectivity index (χ4v) is 6.09. The molecule has 0 bridgehead atoms. The third-order valence-electron chi connectivity index (χ3n) is 7.07. The fraction of sp³-hybridized carbons (Fsp3) is 0.577. The number of anilines is 1. The second-order valence-electron chi connectivity index (χ2n) is 9.55. The molecule has 1 saturated heterocycles. The van der Waals surface area contributed by atoms with Crippen molar-refractivity contribution < 1.29 is 13.2 Å². The third-order valence-corrected chi connectivity index (χ3v) is 7.80. The van der Waals surface area contributed by atoms with Crippen LogP contribution in [0.25, 0.3) is 0 Å². The molecule has 0 amide bonds. The Hall–Kier alpha value is -1.96. The third kappa shape index (κ3) is 6.78.